The van der Waals surface area contributed by atoms with E-state index in [1.165, 1.54) is 0 Å². The minimum absolute atomic E-state index is 0.225. The Hall–Kier alpha value is -2.58. The van der Waals surface area contributed by atoms with E-state index < -0.39 is 6.10 Å². The molecule has 2 aromatic rings. The van der Waals surface area contributed by atoms with Crippen LogP contribution in [0.4, 0.5) is 0 Å². The molecule has 1 atom stereocenters. The Bertz CT molecular complexity index is 696. The number of benzene rings is 1. The topological polar surface area (TPSA) is 86.3 Å². The van der Waals surface area contributed by atoms with Crippen LogP contribution in [0.15, 0.2) is 34.7 Å². The van der Waals surface area contributed by atoms with Crippen molar-refractivity contribution in [3.8, 4) is 6.07 Å². The van der Waals surface area contributed by atoms with Crippen LogP contribution in [0.5, 0.6) is 0 Å². The number of carbonyl (C=O) groups excluding carboxylic acids is 1. The van der Waals surface area contributed by atoms with Crippen molar-refractivity contribution in [1.82, 2.24) is 5.32 Å². The summed E-state index contributed by atoms with van der Waals surface area (Å²) in [5.74, 6) is 1.23. The maximum Gasteiger partial charge on any atom is 0.251 e. The average Bonchev–Trinajstić information content (AvgIpc) is 2.86. The predicted molar refractivity (Wildman–Crippen MR) is 81.2 cm³/mol. The lowest BCUT2D eigenvalue weighted by atomic mass is 10.1. The van der Waals surface area contributed by atoms with Crippen molar-refractivity contribution in [2.45, 2.75) is 26.4 Å². The molecule has 1 amide bonds. The summed E-state index contributed by atoms with van der Waals surface area (Å²) in [6.45, 7) is 3.99. The second-order valence-corrected chi connectivity index (χ2v) is 5.12. The maximum absolute atomic E-state index is 11.9. The number of carbonyl (C=O) groups is 1. The van der Waals surface area contributed by atoms with Crippen molar-refractivity contribution in [3.63, 3.8) is 0 Å². The van der Waals surface area contributed by atoms with Crippen LogP contribution in [0.1, 0.15) is 45.5 Å². The molecule has 0 spiro atoms. The Kier molecular flexibility index (Phi) is 4.97. The summed E-state index contributed by atoms with van der Waals surface area (Å²) in [7, 11) is 0. The first kappa shape index (κ1) is 15.8. The molecule has 0 aliphatic carbocycles. The number of nitriles is 1. The first-order valence-electron chi connectivity index (χ1n) is 7.04. The highest BCUT2D eigenvalue weighted by atomic mass is 16.3. The molecule has 2 rings (SSSR count). The highest BCUT2D eigenvalue weighted by molar-refractivity contribution is 5.94. The minimum atomic E-state index is -0.668. The Morgan fingerprint density at radius 3 is 2.59 bits per heavy atom. The molecule has 1 unspecified atom stereocenters. The zero-order valence-corrected chi connectivity index (χ0v) is 12.6. The van der Waals surface area contributed by atoms with E-state index in [0.29, 0.717) is 29.9 Å². The average molecular weight is 298 g/mol. The molecule has 0 aliphatic heterocycles. The number of hydrogen-bond donors (Lipinski definition) is 2. The monoisotopic (exact) mass is 298 g/mol. The van der Waals surface area contributed by atoms with Gasteiger partial charge < -0.3 is 14.8 Å². The fraction of sp³-hybridized carbons (Fsp3) is 0.294. The van der Waals surface area contributed by atoms with Gasteiger partial charge in [0.2, 0.25) is 0 Å². The first-order chi connectivity index (χ1) is 10.5. The van der Waals surface area contributed by atoms with E-state index in [0.717, 1.165) is 11.3 Å². The third kappa shape index (κ3) is 3.74. The van der Waals surface area contributed by atoms with E-state index in [4.69, 9.17) is 9.68 Å². The van der Waals surface area contributed by atoms with Gasteiger partial charge in [-0.2, -0.15) is 5.26 Å². The van der Waals surface area contributed by atoms with Gasteiger partial charge in [-0.15, -0.1) is 0 Å². The molecule has 5 nitrogen and oxygen atoms in total. The van der Waals surface area contributed by atoms with Crippen LogP contribution < -0.4 is 5.32 Å². The fourth-order valence-electron chi connectivity index (χ4n) is 2.26. The Morgan fingerprint density at radius 1 is 1.36 bits per heavy atom. The number of rotatable bonds is 5. The minimum Gasteiger partial charge on any atom is -0.466 e. The van der Waals surface area contributed by atoms with Crippen molar-refractivity contribution < 1.29 is 14.3 Å². The summed E-state index contributed by atoms with van der Waals surface area (Å²) < 4.78 is 5.38. The van der Waals surface area contributed by atoms with Crippen LogP contribution in [0, 0.1) is 25.2 Å². The van der Waals surface area contributed by atoms with Gasteiger partial charge in [-0.05, 0) is 50.6 Å². The van der Waals surface area contributed by atoms with Crippen molar-refractivity contribution in [3.05, 3.63) is 58.5 Å². The van der Waals surface area contributed by atoms with E-state index in [9.17, 15) is 9.90 Å². The van der Waals surface area contributed by atoms with Crippen molar-refractivity contribution in [2.24, 2.45) is 0 Å². The molecule has 0 radical (unpaired) electrons. The smallest absolute Gasteiger partial charge is 0.251 e. The van der Waals surface area contributed by atoms with Crippen LogP contribution in [-0.2, 0) is 0 Å². The largest absolute Gasteiger partial charge is 0.466 e. The molecular weight excluding hydrogens is 280 g/mol. The summed E-state index contributed by atoms with van der Waals surface area (Å²) in [4.78, 5) is 11.9. The van der Waals surface area contributed by atoms with Crippen LogP contribution in [-0.4, -0.2) is 17.6 Å². The van der Waals surface area contributed by atoms with Crippen molar-refractivity contribution in [1.29, 1.82) is 5.26 Å². The highest BCUT2D eigenvalue weighted by Crippen LogP contribution is 2.23. The van der Waals surface area contributed by atoms with Gasteiger partial charge in [0.25, 0.3) is 5.91 Å². The molecule has 22 heavy (non-hydrogen) atoms. The number of furan rings is 1. The van der Waals surface area contributed by atoms with Gasteiger partial charge in [0.05, 0.1) is 17.7 Å². The molecule has 1 aromatic heterocycles. The summed E-state index contributed by atoms with van der Waals surface area (Å²) >= 11 is 0. The number of aliphatic hydroxyl groups excluding tert-OH is 1. The van der Waals surface area contributed by atoms with Gasteiger partial charge in [0, 0.05) is 17.7 Å². The zero-order valence-electron chi connectivity index (χ0n) is 12.6. The molecular formula is C17H18N2O3. The first-order valence-corrected chi connectivity index (χ1v) is 7.04. The van der Waals surface area contributed by atoms with Crippen LogP contribution in [0.3, 0.4) is 0 Å². The van der Waals surface area contributed by atoms with E-state index in [-0.39, 0.29) is 5.91 Å². The molecule has 0 saturated heterocycles. The van der Waals surface area contributed by atoms with E-state index >= 15 is 0 Å². The van der Waals surface area contributed by atoms with Gasteiger partial charge in [0.15, 0.2) is 0 Å². The van der Waals surface area contributed by atoms with Crippen LogP contribution >= 0.6 is 0 Å². The SMILES string of the molecule is Cc1cc(C(O)CCNC(=O)c2ccc(C#N)cc2)c(C)o1. The van der Waals surface area contributed by atoms with E-state index in [1.54, 1.807) is 31.2 Å². The number of amides is 1. The lowest BCUT2D eigenvalue weighted by Crippen LogP contribution is -2.25. The van der Waals surface area contributed by atoms with Crippen LogP contribution in [0.25, 0.3) is 0 Å². The van der Waals surface area contributed by atoms with Crippen molar-refractivity contribution >= 4 is 5.91 Å². The number of aryl methyl sites for hydroxylation is 2. The standard InChI is InChI=1S/C17H18N2O3/c1-11-9-15(12(2)22-11)16(20)7-8-19-17(21)14-5-3-13(10-18)4-6-14/h3-6,9,16,20H,7-8H2,1-2H3,(H,19,21). The van der Waals surface area contributed by atoms with Crippen LogP contribution in [0.2, 0.25) is 0 Å². The molecule has 5 heteroatoms. The third-order valence-corrected chi connectivity index (χ3v) is 3.42. The molecule has 1 aromatic carbocycles. The molecule has 114 valence electrons. The van der Waals surface area contributed by atoms with Gasteiger partial charge in [0.1, 0.15) is 11.5 Å². The number of nitrogens with one attached hydrogen (secondary N) is 1. The lowest BCUT2D eigenvalue weighted by Gasteiger charge is -2.10. The molecule has 2 N–H and O–H groups in total. The summed E-state index contributed by atoms with van der Waals surface area (Å²) in [5, 5.41) is 21.6. The number of nitrogens with zero attached hydrogens (tertiary/aromatic N) is 1. The van der Waals surface area contributed by atoms with Crippen molar-refractivity contribution in [2.75, 3.05) is 6.54 Å². The highest BCUT2D eigenvalue weighted by Gasteiger charge is 2.14. The predicted octanol–water partition coefficient (Wildman–Crippen LogP) is 2.62. The number of aliphatic hydroxyl groups is 1. The summed E-state index contributed by atoms with van der Waals surface area (Å²) in [5.41, 5.74) is 1.76. The zero-order chi connectivity index (χ0) is 16.1. The second kappa shape index (κ2) is 6.92. The van der Waals surface area contributed by atoms with Gasteiger partial charge in [-0.1, -0.05) is 0 Å². The molecule has 0 bridgehead atoms. The van der Waals surface area contributed by atoms with E-state index in [2.05, 4.69) is 5.32 Å². The molecule has 0 saturated carbocycles. The Morgan fingerprint density at radius 2 is 2.05 bits per heavy atom. The quantitative estimate of drug-likeness (QED) is 0.888. The van der Waals surface area contributed by atoms with E-state index in [1.807, 2.05) is 19.1 Å². The van der Waals surface area contributed by atoms with Gasteiger partial charge in [-0.3, -0.25) is 4.79 Å². The number of hydrogen-bond acceptors (Lipinski definition) is 4. The molecule has 1 heterocycles. The summed E-state index contributed by atoms with van der Waals surface area (Å²) in [6.07, 6.45) is -0.263. The Balaban J connectivity index is 1.86. The maximum atomic E-state index is 11.9. The summed E-state index contributed by atoms with van der Waals surface area (Å²) in [6, 6.07) is 10.2. The van der Waals surface area contributed by atoms with Gasteiger partial charge in [-0.25, -0.2) is 0 Å². The lowest BCUT2D eigenvalue weighted by molar-refractivity contribution is 0.0942. The molecule has 0 fully saturated rings. The van der Waals surface area contributed by atoms with Gasteiger partial charge >= 0.3 is 0 Å². The normalized spacial score (nSPS) is 11.7. The molecule has 0 aliphatic rings. The second-order valence-electron chi connectivity index (χ2n) is 5.12. The Labute approximate surface area is 129 Å². The fourth-order valence-corrected chi connectivity index (χ4v) is 2.26. The third-order valence-electron chi connectivity index (χ3n) is 3.42.